The van der Waals surface area contributed by atoms with Crippen LogP contribution in [0.15, 0.2) is 30.7 Å². The number of aromatic nitrogens is 4. The van der Waals surface area contributed by atoms with E-state index in [0.717, 1.165) is 16.7 Å². The maximum absolute atomic E-state index is 6.01. The molecule has 0 saturated heterocycles. The van der Waals surface area contributed by atoms with Gasteiger partial charge in [-0.15, -0.1) is 0 Å². The SMILES string of the molecule is Cc1ccc(-n2ncc3c(Cl)ncnc32)cc1C. The molecule has 0 aliphatic heterocycles. The summed E-state index contributed by atoms with van der Waals surface area (Å²) in [6.45, 7) is 4.16. The maximum atomic E-state index is 6.01. The fourth-order valence-corrected chi connectivity index (χ4v) is 2.04. The summed E-state index contributed by atoms with van der Waals surface area (Å²) >= 11 is 6.01. The Labute approximate surface area is 109 Å². The van der Waals surface area contributed by atoms with Gasteiger partial charge in [-0.05, 0) is 37.1 Å². The van der Waals surface area contributed by atoms with E-state index in [1.54, 1.807) is 10.9 Å². The lowest BCUT2D eigenvalue weighted by Gasteiger charge is -2.06. The molecule has 0 fully saturated rings. The van der Waals surface area contributed by atoms with Crippen LogP contribution in [0.3, 0.4) is 0 Å². The molecule has 0 amide bonds. The number of rotatable bonds is 1. The van der Waals surface area contributed by atoms with Gasteiger partial charge in [-0.1, -0.05) is 17.7 Å². The third-order valence-corrected chi connectivity index (χ3v) is 3.35. The third kappa shape index (κ3) is 1.66. The van der Waals surface area contributed by atoms with Crippen LogP contribution < -0.4 is 0 Å². The smallest absolute Gasteiger partial charge is 0.167 e. The number of nitrogens with zero attached hydrogens (tertiary/aromatic N) is 4. The Morgan fingerprint density at radius 2 is 1.94 bits per heavy atom. The van der Waals surface area contributed by atoms with E-state index in [2.05, 4.69) is 41.0 Å². The van der Waals surface area contributed by atoms with Crippen LogP contribution in [0.25, 0.3) is 16.7 Å². The highest BCUT2D eigenvalue weighted by Crippen LogP contribution is 2.22. The molecule has 0 aliphatic rings. The average molecular weight is 259 g/mol. The van der Waals surface area contributed by atoms with E-state index in [4.69, 9.17) is 11.6 Å². The van der Waals surface area contributed by atoms with Gasteiger partial charge in [-0.3, -0.25) is 0 Å². The van der Waals surface area contributed by atoms with Crippen LogP contribution in [-0.2, 0) is 0 Å². The molecule has 18 heavy (non-hydrogen) atoms. The Bertz CT molecular complexity index is 733. The van der Waals surface area contributed by atoms with Gasteiger partial charge in [0.05, 0.1) is 17.3 Å². The van der Waals surface area contributed by atoms with Gasteiger partial charge in [0.25, 0.3) is 0 Å². The summed E-state index contributed by atoms with van der Waals surface area (Å²) in [4.78, 5) is 8.18. The van der Waals surface area contributed by atoms with E-state index < -0.39 is 0 Å². The van der Waals surface area contributed by atoms with Gasteiger partial charge in [-0.2, -0.15) is 5.10 Å². The normalized spacial score (nSPS) is 11.1. The van der Waals surface area contributed by atoms with Crippen molar-refractivity contribution < 1.29 is 0 Å². The molecular formula is C13H11ClN4. The Kier molecular flexibility index (Phi) is 2.52. The zero-order valence-corrected chi connectivity index (χ0v) is 10.8. The standard InChI is InChI=1S/C13H11ClN4/c1-8-3-4-10(5-9(8)2)18-13-11(6-17-18)12(14)15-7-16-13/h3-7H,1-2H3. The summed E-state index contributed by atoms with van der Waals surface area (Å²) in [6.07, 6.45) is 3.14. The van der Waals surface area contributed by atoms with Gasteiger partial charge in [0, 0.05) is 0 Å². The van der Waals surface area contributed by atoms with Crippen LogP contribution in [0.4, 0.5) is 0 Å². The zero-order chi connectivity index (χ0) is 12.7. The molecule has 3 aromatic rings. The molecule has 2 aromatic heterocycles. The number of hydrogen-bond donors (Lipinski definition) is 0. The molecule has 3 rings (SSSR count). The van der Waals surface area contributed by atoms with E-state index in [1.807, 2.05) is 6.07 Å². The summed E-state index contributed by atoms with van der Waals surface area (Å²) in [5.74, 6) is 0. The van der Waals surface area contributed by atoms with Crippen molar-refractivity contribution in [1.29, 1.82) is 0 Å². The van der Waals surface area contributed by atoms with E-state index in [9.17, 15) is 0 Å². The largest absolute Gasteiger partial charge is 0.224 e. The van der Waals surface area contributed by atoms with Crippen molar-refractivity contribution in [2.24, 2.45) is 0 Å². The van der Waals surface area contributed by atoms with Crippen molar-refractivity contribution in [3.05, 3.63) is 47.0 Å². The maximum Gasteiger partial charge on any atom is 0.167 e. The Balaban J connectivity index is 2.25. The van der Waals surface area contributed by atoms with E-state index >= 15 is 0 Å². The second-order valence-electron chi connectivity index (χ2n) is 4.23. The van der Waals surface area contributed by atoms with E-state index in [1.165, 1.54) is 17.5 Å². The molecule has 0 spiro atoms. The molecule has 0 saturated carbocycles. The van der Waals surface area contributed by atoms with Gasteiger partial charge in [0.2, 0.25) is 0 Å². The van der Waals surface area contributed by atoms with E-state index in [-0.39, 0.29) is 0 Å². The van der Waals surface area contributed by atoms with Crippen molar-refractivity contribution in [2.75, 3.05) is 0 Å². The molecule has 0 aliphatic carbocycles. The number of benzene rings is 1. The van der Waals surface area contributed by atoms with Crippen molar-refractivity contribution >= 4 is 22.6 Å². The molecular weight excluding hydrogens is 248 g/mol. The summed E-state index contributed by atoms with van der Waals surface area (Å²) in [5.41, 5.74) is 4.17. The number of aryl methyl sites for hydroxylation is 2. The molecule has 5 heteroatoms. The van der Waals surface area contributed by atoms with Gasteiger partial charge in [-0.25, -0.2) is 14.6 Å². The van der Waals surface area contributed by atoms with Crippen molar-refractivity contribution in [1.82, 2.24) is 19.7 Å². The highest BCUT2D eigenvalue weighted by molar-refractivity contribution is 6.33. The van der Waals surface area contributed by atoms with Gasteiger partial charge >= 0.3 is 0 Å². The van der Waals surface area contributed by atoms with Gasteiger partial charge in [0.15, 0.2) is 5.65 Å². The lowest BCUT2D eigenvalue weighted by atomic mass is 10.1. The lowest BCUT2D eigenvalue weighted by Crippen LogP contribution is -1.98. The molecule has 0 unspecified atom stereocenters. The first-order valence-electron chi connectivity index (χ1n) is 5.58. The second kappa shape index (κ2) is 4.07. The van der Waals surface area contributed by atoms with Crippen molar-refractivity contribution in [2.45, 2.75) is 13.8 Å². The molecule has 0 bridgehead atoms. The lowest BCUT2D eigenvalue weighted by molar-refractivity contribution is 0.893. The number of hydrogen-bond acceptors (Lipinski definition) is 3. The molecule has 0 atom stereocenters. The van der Waals surface area contributed by atoms with Crippen molar-refractivity contribution in [3.63, 3.8) is 0 Å². The molecule has 0 N–H and O–H groups in total. The Hall–Kier alpha value is -1.94. The molecule has 0 radical (unpaired) electrons. The fourth-order valence-electron chi connectivity index (χ4n) is 1.86. The number of halogens is 1. The van der Waals surface area contributed by atoms with E-state index in [0.29, 0.717) is 5.15 Å². The highest BCUT2D eigenvalue weighted by atomic mass is 35.5. The van der Waals surface area contributed by atoms with Crippen LogP contribution in [0.1, 0.15) is 11.1 Å². The zero-order valence-electron chi connectivity index (χ0n) is 10.1. The quantitative estimate of drug-likeness (QED) is 0.630. The molecule has 90 valence electrons. The first-order valence-corrected chi connectivity index (χ1v) is 5.96. The minimum atomic E-state index is 0.426. The minimum Gasteiger partial charge on any atom is -0.224 e. The fraction of sp³-hybridized carbons (Fsp3) is 0.154. The topological polar surface area (TPSA) is 43.6 Å². The van der Waals surface area contributed by atoms with Crippen LogP contribution in [0.2, 0.25) is 5.15 Å². The molecule has 1 aromatic carbocycles. The highest BCUT2D eigenvalue weighted by Gasteiger charge is 2.09. The van der Waals surface area contributed by atoms with Crippen LogP contribution >= 0.6 is 11.6 Å². The number of fused-ring (bicyclic) bond motifs is 1. The monoisotopic (exact) mass is 258 g/mol. The first kappa shape index (κ1) is 11.2. The summed E-state index contributed by atoms with van der Waals surface area (Å²) in [5, 5.41) is 5.51. The summed E-state index contributed by atoms with van der Waals surface area (Å²) in [7, 11) is 0. The van der Waals surface area contributed by atoms with Crippen LogP contribution in [-0.4, -0.2) is 19.7 Å². The van der Waals surface area contributed by atoms with Gasteiger partial charge < -0.3 is 0 Å². The summed E-state index contributed by atoms with van der Waals surface area (Å²) < 4.78 is 1.77. The van der Waals surface area contributed by atoms with Crippen molar-refractivity contribution in [3.8, 4) is 5.69 Å². The molecule has 2 heterocycles. The predicted molar refractivity (Wildman–Crippen MR) is 71.1 cm³/mol. The molecule has 4 nitrogen and oxygen atoms in total. The Morgan fingerprint density at radius 3 is 2.72 bits per heavy atom. The van der Waals surface area contributed by atoms with Crippen LogP contribution in [0.5, 0.6) is 0 Å². The average Bonchev–Trinajstić information content (AvgIpc) is 2.78. The van der Waals surface area contributed by atoms with Crippen LogP contribution in [0, 0.1) is 13.8 Å². The first-order chi connectivity index (χ1) is 8.66. The second-order valence-corrected chi connectivity index (χ2v) is 4.58. The minimum absolute atomic E-state index is 0.426. The third-order valence-electron chi connectivity index (χ3n) is 3.05. The van der Waals surface area contributed by atoms with Gasteiger partial charge in [0.1, 0.15) is 11.5 Å². The Morgan fingerprint density at radius 1 is 1.11 bits per heavy atom. The predicted octanol–water partition coefficient (Wildman–Crippen LogP) is 3.09. The summed E-state index contributed by atoms with van der Waals surface area (Å²) in [6, 6.07) is 6.17.